The molecule has 0 amide bonds. The quantitative estimate of drug-likeness (QED) is 0.350. The standard InChI is InChI=1S/C9H8BrClO2.C6H4BrClO.C3H5ClO/c10-8-2-1-6(3-9(8)11)12-4-7-5-13-7;7-5-2-1-4(9)3-6(5)8;4-1-3-2-5-3/h1-3,7H,4-5H2;1-3,9H;3H,1-2H2. The molecule has 0 saturated carbocycles. The van der Waals surface area contributed by atoms with E-state index < -0.39 is 0 Å². The second kappa shape index (κ2) is 11.7. The minimum absolute atomic E-state index is 0.184. The molecule has 0 spiro atoms. The number of hydrogen-bond donors (Lipinski definition) is 1. The van der Waals surface area contributed by atoms with E-state index in [4.69, 9.17) is 54.1 Å². The SMILES string of the molecule is ClCC1CO1.Clc1cc(OCC2CO2)ccc1Br.Oc1ccc(Br)c(Cl)c1. The summed E-state index contributed by atoms with van der Waals surface area (Å²) < 4.78 is 16.9. The average Bonchev–Trinajstić information content (AvgIpc) is 3.55. The highest BCUT2D eigenvalue weighted by atomic mass is 79.9. The van der Waals surface area contributed by atoms with Gasteiger partial charge in [-0.15, -0.1) is 11.6 Å². The van der Waals surface area contributed by atoms with Gasteiger partial charge in [-0.05, 0) is 68.3 Å². The number of ether oxygens (including phenoxy) is 3. The average molecular weight is 563 g/mol. The number of halogens is 5. The van der Waals surface area contributed by atoms with Crippen molar-refractivity contribution in [2.75, 3.05) is 25.7 Å². The Morgan fingerprint density at radius 2 is 1.52 bits per heavy atom. The number of rotatable bonds is 4. The van der Waals surface area contributed by atoms with Gasteiger partial charge in [-0.25, -0.2) is 0 Å². The molecule has 0 radical (unpaired) electrons. The highest BCUT2D eigenvalue weighted by Gasteiger charge is 2.23. The van der Waals surface area contributed by atoms with Crippen molar-refractivity contribution in [1.29, 1.82) is 0 Å². The summed E-state index contributed by atoms with van der Waals surface area (Å²) >= 11 is 23.3. The predicted molar refractivity (Wildman–Crippen MR) is 116 cm³/mol. The summed E-state index contributed by atoms with van der Waals surface area (Å²) in [5.41, 5.74) is 0. The molecule has 2 aliphatic rings. The van der Waals surface area contributed by atoms with Gasteiger partial charge >= 0.3 is 0 Å². The zero-order chi connectivity index (χ0) is 19.8. The molecular weight excluding hydrogens is 546 g/mol. The van der Waals surface area contributed by atoms with Gasteiger partial charge in [0, 0.05) is 8.95 Å². The summed E-state index contributed by atoms with van der Waals surface area (Å²) in [6, 6.07) is 10.3. The normalized spacial score (nSPS) is 19.1. The molecule has 1 N–H and O–H groups in total. The molecule has 0 aromatic heterocycles. The van der Waals surface area contributed by atoms with Crippen LogP contribution < -0.4 is 4.74 Å². The Morgan fingerprint density at radius 3 is 1.93 bits per heavy atom. The first-order valence-corrected chi connectivity index (χ1v) is 10.8. The van der Waals surface area contributed by atoms with Gasteiger partial charge in [-0.1, -0.05) is 23.2 Å². The maximum atomic E-state index is 8.83. The summed E-state index contributed by atoms with van der Waals surface area (Å²) in [5.74, 6) is 1.63. The Morgan fingerprint density at radius 1 is 0.963 bits per heavy atom. The fourth-order valence-electron chi connectivity index (χ4n) is 1.56. The third kappa shape index (κ3) is 9.70. The highest BCUT2D eigenvalue weighted by molar-refractivity contribution is 9.10. The smallest absolute Gasteiger partial charge is 0.121 e. The van der Waals surface area contributed by atoms with Crippen molar-refractivity contribution in [3.63, 3.8) is 0 Å². The van der Waals surface area contributed by atoms with Crippen molar-refractivity contribution in [3.8, 4) is 11.5 Å². The first-order valence-electron chi connectivity index (χ1n) is 7.90. The van der Waals surface area contributed by atoms with Crippen LogP contribution in [-0.4, -0.2) is 43.0 Å². The fourth-order valence-corrected chi connectivity index (χ4v) is 2.58. The molecule has 2 saturated heterocycles. The molecule has 2 aromatic carbocycles. The lowest BCUT2D eigenvalue weighted by Crippen LogP contribution is -2.03. The maximum Gasteiger partial charge on any atom is 0.121 e. The molecule has 4 rings (SSSR count). The van der Waals surface area contributed by atoms with Crippen LogP contribution in [0, 0.1) is 0 Å². The first-order chi connectivity index (χ1) is 12.9. The van der Waals surface area contributed by atoms with Crippen molar-refractivity contribution in [1.82, 2.24) is 0 Å². The Bertz CT molecular complexity index is 741. The van der Waals surface area contributed by atoms with Crippen molar-refractivity contribution >= 4 is 66.7 Å². The number of hydrogen-bond acceptors (Lipinski definition) is 4. The fraction of sp³-hybridized carbons (Fsp3) is 0.333. The molecule has 27 heavy (non-hydrogen) atoms. The van der Waals surface area contributed by atoms with Gasteiger partial charge in [0.1, 0.15) is 24.2 Å². The largest absolute Gasteiger partial charge is 0.508 e. The highest BCUT2D eigenvalue weighted by Crippen LogP contribution is 2.27. The molecule has 0 aliphatic carbocycles. The van der Waals surface area contributed by atoms with Gasteiger partial charge in [0.05, 0.1) is 35.2 Å². The molecular formula is C18H17Br2Cl3O4. The van der Waals surface area contributed by atoms with Gasteiger partial charge in [-0.2, -0.15) is 0 Å². The van der Waals surface area contributed by atoms with E-state index in [1.165, 1.54) is 6.07 Å². The molecule has 2 atom stereocenters. The molecule has 4 nitrogen and oxygen atoms in total. The van der Waals surface area contributed by atoms with Crippen molar-refractivity contribution in [2.24, 2.45) is 0 Å². The number of benzene rings is 2. The van der Waals surface area contributed by atoms with Crippen LogP contribution in [0.2, 0.25) is 10.0 Å². The topological polar surface area (TPSA) is 54.5 Å². The summed E-state index contributed by atoms with van der Waals surface area (Å²) in [6.07, 6.45) is 0.680. The third-order valence-electron chi connectivity index (χ3n) is 3.21. The molecule has 148 valence electrons. The predicted octanol–water partition coefficient (Wildman–Crippen LogP) is 6.31. The van der Waals surface area contributed by atoms with E-state index in [1.807, 2.05) is 12.1 Å². The Balaban J connectivity index is 0.000000161. The van der Waals surface area contributed by atoms with E-state index in [9.17, 15) is 0 Å². The zero-order valence-electron chi connectivity index (χ0n) is 14.0. The van der Waals surface area contributed by atoms with E-state index in [2.05, 4.69) is 31.9 Å². The van der Waals surface area contributed by atoms with Crippen LogP contribution in [0.25, 0.3) is 0 Å². The zero-order valence-corrected chi connectivity index (χ0v) is 19.4. The van der Waals surface area contributed by atoms with Crippen LogP contribution in [-0.2, 0) is 9.47 Å². The number of phenols is 1. The van der Waals surface area contributed by atoms with Crippen LogP contribution in [0.4, 0.5) is 0 Å². The minimum atomic E-state index is 0.184. The van der Waals surface area contributed by atoms with Gasteiger partial charge in [0.15, 0.2) is 0 Å². The van der Waals surface area contributed by atoms with Crippen molar-refractivity contribution in [3.05, 3.63) is 55.4 Å². The monoisotopic (exact) mass is 560 g/mol. The van der Waals surface area contributed by atoms with Crippen molar-refractivity contribution < 1.29 is 19.3 Å². The van der Waals surface area contributed by atoms with Crippen LogP contribution in [0.15, 0.2) is 45.3 Å². The number of alkyl halides is 1. The van der Waals surface area contributed by atoms with Gasteiger partial charge < -0.3 is 19.3 Å². The van der Waals surface area contributed by atoms with Gasteiger partial charge in [0.25, 0.3) is 0 Å². The Hall–Kier alpha value is -0.210. The van der Waals surface area contributed by atoms with E-state index in [-0.39, 0.29) is 11.9 Å². The summed E-state index contributed by atoms with van der Waals surface area (Å²) in [6.45, 7) is 2.30. The molecule has 2 aromatic rings. The lowest BCUT2D eigenvalue weighted by Gasteiger charge is -2.04. The first kappa shape index (κ1) is 23.1. The van der Waals surface area contributed by atoms with Gasteiger partial charge in [-0.3, -0.25) is 0 Å². The van der Waals surface area contributed by atoms with E-state index in [1.54, 1.807) is 18.2 Å². The second-order valence-electron chi connectivity index (χ2n) is 5.55. The summed E-state index contributed by atoms with van der Waals surface area (Å²) in [7, 11) is 0. The van der Waals surface area contributed by atoms with Crippen LogP contribution in [0.3, 0.4) is 0 Å². The van der Waals surface area contributed by atoms with Gasteiger partial charge in [0.2, 0.25) is 0 Å². The van der Waals surface area contributed by atoms with Crippen molar-refractivity contribution in [2.45, 2.75) is 12.2 Å². The molecule has 9 heteroatoms. The van der Waals surface area contributed by atoms with E-state index in [0.717, 1.165) is 27.9 Å². The van der Waals surface area contributed by atoms with Crippen LogP contribution in [0.1, 0.15) is 0 Å². The number of phenolic OH excluding ortho intramolecular Hbond substituents is 1. The Labute approximate surface area is 189 Å². The lowest BCUT2D eigenvalue weighted by molar-refractivity contribution is 0.263. The number of epoxide rings is 2. The molecule has 2 aliphatic heterocycles. The molecule has 0 bridgehead atoms. The Kier molecular flexibility index (Phi) is 10.0. The summed E-state index contributed by atoms with van der Waals surface area (Å²) in [5, 5.41) is 10.0. The lowest BCUT2D eigenvalue weighted by atomic mass is 10.3. The minimum Gasteiger partial charge on any atom is -0.508 e. The van der Waals surface area contributed by atoms with E-state index >= 15 is 0 Å². The third-order valence-corrected chi connectivity index (χ3v) is 6.02. The van der Waals surface area contributed by atoms with E-state index in [0.29, 0.717) is 28.6 Å². The van der Waals surface area contributed by atoms with Crippen LogP contribution >= 0.6 is 66.7 Å². The van der Waals surface area contributed by atoms with Crippen LogP contribution in [0.5, 0.6) is 11.5 Å². The number of aromatic hydroxyl groups is 1. The second-order valence-corrected chi connectivity index (χ2v) is 8.38. The maximum absolute atomic E-state index is 8.83. The molecule has 2 unspecified atom stereocenters. The molecule has 2 heterocycles. The summed E-state index contributed by atoms with van der Waals surface area (Å²) in [4.78, 5) is 0. The molecule has 2 fully saturated rings.